The molecule has 0 amide bonds. The molecule has 82 valence electrons. The summed E-state index contributed by atoms with van der Waals surface area (Å²) in [5.74, 6) is 0.776. The molecule has 1 fully saturated rings. The van der Waals surface area contributed by atoms with E-state index in [9.17, 15) is 0 Å². The van der Waals surface area contributed by atoms with E-state index in [1.54, 1.807) is 0 Å². The van der Waals surface area contributed by atoms with Crippen LogP contribution in [-0.2, 0) is 0 Å². The molecule has 0 bridgehead atoms. The quantitative estimate of drug-likeness (QED) is 0.814. The topological polar surface area (TPSA) is 29.3 Å². The molecule has 15 heavy (non-hydrogen) atoms. The SMILES string of the molecule is Cc1ccc(N(C)CC(N)C2CC2)cc1. The maximum Gasteiger partial charge on any atom is 0.0364 e. The van der Waals surface area contributed by atoms with Crippen molar-refractivity contribution in [2.45, 2.75) is 25.8 Å². The number of anilines is 1. The van der Waals surface area contributed by atoms with Gasteiger partial charge in [0.1, 0.15) is 0 Å². The molecule has 1 aromatic carbocycles. The van der Waals surface area contributed by atoms with Crippen molar-refractivity contribution < 1.29 is 0 Å². The number of nitrogens with zero attached hydrogens (tertiary/aromatic N) is 1. The minimum atomic E-state index is 0.344. The van der Waals surface area contributed by atoms with Gasteiger partial charge in [-0.15, -0.1) is 0 Å². The van der Waals surface area contributed by atoms with Gasteiger partial charge in [-0.1, -0.05) is 17.7 Å². The fourth-order valence-electron chi connectivity index (χ4n) is 1.89. The minimum Gasteiger partial charge on any atom is -0.373 e. The third-order valence-corrected chi connectivity index (χ3v) is 3.19. The third-order valence-electron chi connectivity index (χ3n) is 3.19. The molecule has 1 atom stereocenters. The molecule has 2 heteroatoms. The van der Waals surface area contributed by atoms with Crippen LogP contribution < -0.4 is 10.6 Å². The van der Waals surface area contributed by atoms with Gasteiger partial charge in [0.2, 0.25) is 0 Å². The van der Waals surface area contributed by atoms with Crippen LogP contribution in [0.3, 0.4) is 0 Å². The molecule has 0 heterocycles. The molecule has 1 saturated carbocycles. The molecule has 1 aromatic rings. The molecule has 0 aromatic heterocycles. The van der Waals surface area contributed by atoms with Gasteiger partial charge >= 0.3 is 0 Å². The van der Waals surface area contributed by atoms with Gasteiger partial charge in [0, 0.05) is 25.3 Å². The zero-order valence-corrected chi connectivity index (χ0v) is 9.61. The maximum atomic E-state index is 6.11. The Morgan fingerprint density at radius 2 is 1.93 bits per heavy atom. The molecule has 0 saturated heterocycles. The van der Waals surface area contributed by atoms with Crippen LogP contribution in [0.2, 0.25) is 0 Å². The summed E-state index contributed by atoms with van der Waals surface area (Å²) in [5, 5.41) is 0. The normalized spacial score (nSPS) is 17.5. The lowest BCUT2D eigenvalue weighted by Gasteiger charge is -2.23. The number of aryl methyl sites for hydroxylation is 1. The van der Waals surface area contributed by atoms with Crippen LogP contribution in [0.25, 0.3) is 0 Å². The lowest BCUT2D eigenvalue weighted by molar-refractivity contribution is 0.589. The Kier molecular flexibility index (Phi) is 2.96. The summed E-state index contributed by atoms with van der Waals surface area (Å²) in [4.78, 5) is 2.25. The van der Waals surface area contributed by atoms with Gasteiger partial charge in [-0.25, -0.2) is 0 Å². The number of nitrogens with two attached hydrogens (primary N) is 1. The molecule has 1 aliphatic rings. The van der Waals surface area contributed by atoms with Gasteiger partial charge in [0.05, 0.1) is 0 Å². The largest absolute Gasteiger partial charge is 0.373 e. The van der Waals surface area contributed by atoms with Crippen molar-refractivity contribution in [1.82, 2.24) is 0 Å². The predicted octanol–water partition coefficient (Wildman–Crippen LogP) is 2.17. The van der Waals surface area contributed by atoms with E-state index in [2.05, 4.69) is 43.1 Å². The monoisotopic (exact) mass is 204 g/mol. The molecule has 2 rings (SSSR count). The summed E-state index contributed by atoms with van der Waals surface area (Å²) in [5.41, 5.74) is 8.67. The summed E-state index contributed by atoms with van der Waals surface area (Å²) in [6.45, 7) is 3.08. The summed E-state index contributed by atoms with van der Waals surface area (Å²) < 4.78 is 0. The molecular formula is C13H20N2. The van der Waals surface area contributed by atoms with Gasteiger partial charge in [0.15, 0.2) is 0 Å². The maximum absolute atomic E-state index is 6.11. The van der Waals surface area contributed by atoms with Gasteiger partial charge in [-0.2, -0.15) is 0 Å². The summed E-state index contributed by atoms with van der Waals surface area (Å²) in [6.07, 6.45) is 2.64. The van der Waals surface area contributed by atoms with Crippen molar-refractivity contribution in [2.75, 3.05) is 18.5 Å². The smallest absolute Gasteiger partial charge is 0.0364 e. The van der Waals surface area contributed by atoms with Gasteiger partial charge in [-0.3, -0.25) is 0 Å². The number of benzene rings is 1. The number of rotatable bonds is 4. The average molecular weight is 204 g/mol. The van der Waals surface area contributed by atoms with E-state index >= 15 is 0 Å². The van der Waals surface area contributed by atoms with Crippen LogP contribution in [0.1, 0.15) is 18.4 Å². The second-order valence-electron chi connectivity index (χ2n) is 4.72. The Labute approximate surface area is 92.1 Å². The Morgan fingerprint density at radius 1 is 1.33 bits per heavy atom. The van der Waals surface area contributed by atoms with E-state index in [4.69, 9.17) is 5.73 Å². The fraction of sp³-hybridized carbons (Fsp3) is 0.538. The molecule has 2 N–H and O–H groups in total. The van der Waals surface area contributed by atoms with E-state index in [0.29, 0.717) is 6.04 Å². The number of hydrogen-bond acceptors (Lipinski definition) is 2. The van der Waals surface area contributed by atoms with Crippen molar-refractivity contribution in [3.8, 4) is 0 Å². The Morgan fingerprint density at radius 3 is 2.47 bits per heavy atom. The van der Waals surface area contributed by atoms with Crippen LogP contribution in [-0.4, -0.2) is 19.6 Å². The molecule has 0 spiro atoms. The Balaban J connectivity index is 1.94. The summed E-state index contributed by atoms with van der Waals surface area (Å²) in [7, 11) is 2.12. The molecule has 0 radical (unpaired) electrons. The highest BCUT2D eigenvalue weighted by Crippen LogP contribution is 2.32. The van der Waals surface area contributed by atoms with Gasteiger partial charge in [-0.05, 0) is 37.8 Å². The molecule has 1 unspecified atom stereocenters. The fourth-order valence-corrected chi connectivity index (χ4v) is 1.89. The van der Waals surface area contributed by atoms with E-state index in [1.165, 1.54) is 24.1 Å². The van der Waals surface area contributed by atoms with Crippen LogP contribution in [0.5, 0.6) is 0 Å². The first-order valence-corrected chi connectivity index (χ1v) is 5.70. The van der Waals surface area contributed by atoms with E-state index in [-0.39, 0.29) is 0 Å². The zero-order valence-electron chi connectivity index (χ0n) is 9.61. The molecule has 2 nitrogen and oxygen atoms in total. The standard InChI is InChI=1S/C13H20N2/c1-10-3-7-12(8-4-10)15(2)9-13(14)11-5-6-11/h3-4,7-8,11,13H,5-6,9,14H2,1-2H3. The summed E-state index contributed by atoms with van der Waals surface area (Å²) in [6, 6.07) is 8.96. The van der Waals surface area contributed by atoms with Crippen molar-refractivity contribution in [1.29, 1.82) is 0 Å². The van der Waals surface area contributed by atoms with Crippen LogP contribution >= 0.6 is 0 Å². The lowest BCUT2D eigenvalue weighted by atomic mass is 10.1. The van der Waals surface area contributed by atoms with Crippen molar-refractivity contribution in [3.05, 3.63) is 29.8 Å². The third kappa shape index (κ3) is 2.72. The van der Waals surface area contributed by atoms with E-state index in [0.717, 1.165) is 12.5 Å². The number of likely N-dealkylation sites (N-methyl/N-ethyl adjacent to an activating group) is 1. The summed E-state index contributed by atoms with van der Waals surface area (Å²) >= 11 is 0. The number of hydrogen-bond donors (Lipinski definition) is 1. The highest BCUT2D eigenvalue weighted by Gasteiger charge is 2.28. The highest BCUT2D eigenvalue weighted by molar-refractivity contribution is 5.46. The van der Waals surface area contributed by atoms with Gasteiger partial charge < -0.3 is 10.6 Å². The molecule has 1 aliphatic carbocycles. The first-order chi connectivity index (χ1) is 7.16. The van der Waals surface area contributed by atoms with Crippen molar-refractivity contribution in [3.63, 3.8) is 0 Å². The van der Waals surface area contributed by atoms with Crippen molar-refractivity contribution in [2.24, 2.45) is 11.7 Å². The molecular weight excluding hydrogens is 184 g/mol. The minimum absolute atomic E-state index is 0.344. The highest BCUT2D eigenvalue weighted by atomic mass is 15.1. The Bertz CT molecular complexity index is 314. The van der Waals surface area contributed by atoms with Crippen LogP contribution in [0.15, 0.2) is 24.3 Å². The zero-order chi connectivity index (χ0) is 10.8. The average Bonchev–Trinajstić information content (AvgIpc) is 3.01. The second kappa shape index (κ2) is 4.23. The first-order valence-electron chi connectivity index (χ1n) is 5.70. The predicted molar refractivity (Wildman–Crippen MR) is 65.1 cm³/mol. The van der Waals surface area contributed by atoms with Crippen molar-refractivity contribution >= 4 is 5.69 Å². The lowest BCUT2D eigenvalue weighted by Crippen LogP contribution is -2.36. The van der Waals surface area contributed by atoms with E-state index in [1.807, 2.05) is 0 Å². The Hall–Kier alpha value is -1.02. The van der Waals surface area contributed by atoms with Gasteiger partial charge in [0.25, 0.3) is 0 Å². The van der Waals surface area contributed by atoms with Crippen LogP contribution in [0, 0.1) is 12.8 Å². The second-order valence-corrected chi connectivity index (χ2v) is 4.72. The van der Waals surface area contributed by atoms with Crippen LogP contribution in [0.4, 0.5) is 5.69 Å². The first kappa shape index (κ1) is 10.5. The van der Waals surface area contributed by atoms with E-state index < -0.39 is 0 Å². The molecule has 0 aliphatic heterocycles.